The number of rotatable bonds is 7. The Kier molecular flexibility index (Phi) is 7.61. The fraction of sp³-hybridized carbons (Fsp3) is 0.786. The predicted octanol–water partition coefficient (Wildman–Crippen LogP) is 6.10. The normalized spacial score (nSPS) is 38.0. The smallest absolute Gasteiger partial charge is 0.0920 e. The van der Waals surface area contributed by atoms with Crippen molar-refractivity contribution in [3.63, 3.8) is 0 Å². The number of aliphatic hydroxyl groups excluding tert-OH is 1. The van der Waals surface area contributed by atoms with E-state index in [9.17, 15) is 15.3 Å². The first-order valence-electron chi connectivity index (χ1n) is 12.6. The van der Waals surface area contributed by atoms with Crippen LogP contribution >= 0.6 is 0 Å². The third-order valence-electron chi connectivity index (χ3n) is 8.83. The van der Waals surface area contributed by atoms with Gasteiger partial charge in [0.05, 0.1) is 17.8 Å². The topological polar surface area (TPSA) is 60.7 Å². The first-order chi connectivity index (χ1) is 14.5. The van der Waals surface area contributed by atoms with Gasteiger partial charge in [0, 0.05) is 6.42 Å². The van der Waals surface area contributed by atoms with Crippen molar-refractivity contribution in [1.29, 1.82) is 0 Å². The Hall–Kier alpha value is -0.900. The summed E-state index contributed by atoms with van der Waals surface area (Å²) in [5.74, 6) is 2.13. The highest BCUT2D eigenvalue weighted by Gasteiger charge is 2.50. The van der Waals surface area contributed by atoms with Gasteiger partial charge in [-0.2, -0.15) is 0 Å². The fourth-order valence-corrected chi connectivity index (χ4v) is 6.90. The average molecular weight is 431 g/mol. The van der Waals surface area contributed by atoms with Gasteiger partial charge in [0.25, 0.3) is 0 Å². The van der Waals surface area contributed by atoms with Crippen LogP contribution in [0.4, 0.5) is 0 Å². The molecule has 0 aromatic heterocycles. The van der Waals surface area contributed by atoms with Crippen LogP contribution in [-0.2, 0) is 0 Å². The van der Waals surface area contributed by atoms with Crippen molar-refractivity contribution in [2.75, 3.05) is 6.61 Å². The van der Waals surface area contributed by atoms with Crippen LogP contribution in [0.25, 0.3) is 0 Å². The molecule has 3 saturated carbocycles. The molecule has 0 aliphatic heterocycles. The zero-order valence-corrected chi connectivity index (χ0v) is 20.4. The minimum atomic E-state index is -0.983. The van der Waals surface area contributed by atoms with E-state index in [1.54, 1.807) is 5.57 Å². The zero-order valence-electron chi connectivity index (χ0n) is 20.4. The second-order valence-electron chi connectivity index (χ2n) is 11.9. The van der Waals surface area contributed by atoms with E-state index < -0.39 is 11.2 Å². The van der Waals surface area contributed by atoms with E-state index in [2.05, 4.69) is 32.6 Å². The van der Waals surface area contributed by atoms with Gasteiger partial charge in [0.1, 0.15) is 0 Å². The molecule has 3 nitrogen and oxygen atoms in total. The summed E-state index contributed by atoms with van der Waals surface area (Å²) in [6, 6.07) is 0. The molecule has 0 amide bonds. The Labute approximate surface area is 190 Å². The van der Waals surface area contributed by atoms with Gasteiger partial charge in [-0.25, -0.2) is 0 Å². The summed E-state index contributed by atoms with van der Waals surface area (Å²) in [4.78, 5) is 0. The van der Waals surface area contributed by atoms with Gasteiger partial charge in [0.2, 0.25) is 0 Å². The molecule has 3 fully saturated rings. The summed E-state index contributed by atoms with van der Waals surface area (Å²) >= 11 is 0. The van der Waals surface area contributed by atoms with E-state index in [1.165, 1.54) is 38.5 Å². The van der Waals surface area contributed by atoms with Crippen LogP contribution in [0.15, 0.2) is 35.5 Å². The van der Waals surface area contributed by atoms with Gasteiger partial charge < -0.3 is 15.3 Å². The molecule has 0 radical (unpaired) electrons. The highest BCUT2D eigenvalue weighted by Crippen LogP contribution is 2.60. The number of aliphatic hydroxyl groups is 3. The van der Waals surface area contributed by atoms with Crippen LogP contribution in [0.2, 0.25) is 0 Å². The quantitative estimate of drug-likeness (QED) is 0.457. The minimum Gasteiger partial charge on any atom is -0.393 e. The lowest BCUT2D eigenvalue weighted by molar-refractivity contribution is -0.0249. The van der Waals surface area contributed by atoms with E-state index in [4.69, 9.17) is 0 Å². The van der Waals surface area contributed by atoms with Crippen LogP contribution in [-0.4, -0.2) is 33.1 Å². The molecule has 3 rings (SSSR count). The third kappa shape index (κ3) is 5.72. The van der Waals surface area contributed by atoms with Crippen molar-refractivity contribution in [1.82, 2.24) is 0 Å². The second kappa shape index (κ2) is 9.53. The molecule has 3 aliphatic carbocycles. The summed E-state index contributed by atoms with van der Waals surface area (Å²) in [7, 11) is 0. The molecule has 3 N–H and O–H groups in total. The molecule has 0 spiro atoms. The Balaban J connectivity index is 1.71. The number of allylic oxidation sites excluding steroid dienone is 4. The molecule has 3 aliphatic rings. The van der Waals surface area contributed by atoms with Crippen LogP contribution < -0.4 is 0 Å². The fourth-order valence-electron chi connectivity index (χ4n) is 6.90. The van der Waals surface area contributed by atoms with E-state index >= 15 is 0 Å². The monoisotopic (exact) mass is 430 g/mol. The summed E-state index contributed by atoms with van der Waals surface area (Å²) in [5, 5.41) is 30.2. The number of fused-ring (bicyclic) bond motifs is 1. The standard InChI is InChI=1S/C28H46O3/c1-20-14-17-28(31,19-29)18-23(20)11-10-22-9-7-16-27(5)24(12-13-25(22)27)21(2)8-6-15-26(3,4)30/h10-11,21,24-25,29-31H,1,6-9,12-19H2,2-5H3/b22-10?,23-11-/t21-,24-,25?,27-,28+/m1/s1. The Morgan fingerprint density at radius 3 is 2.61 bits per heavy atom. The maximum atomic E-state index is 10.5. The molecule has 31 heavy (non-hydrogen) atoms. The molecule has 176 valence electrons. The molecule has 0 saturated heterocycles. The van der Waals surface area contributed by atoms with Crippen molar-refractivity contribution in [3.8, 4) is 0 Å². The van der Waals surface area contributed by atoms with Crippen molar-refractivity contribution < 1.29 is 15.3 Å². The molecule has 0 heterocycles. The number of hydrogen-bond donors (Lipinski definition) is 3. The first kappa shape index (κ1) is 24.7. The highest BCUT2D eigenvalue weighted by atomic mass is 16.3. The lowest BCUT2D eigenvalue weighted by Crippen LogP contribution is -2.37. The van der Waals surface area contributed by atoms with Crippen LogP contribution in [0, 0.1) is 23.2 Å². The van der Waals surface area contributed by atoms with Gasteiger partial charge >= 0.3 is 0 Å². The van der Waals surface area contributed by atoms with E-state index in [-0.39, 0.29) is 6.61 Å². The molecule has 3 heteroatoms. The molecule has 0 aromatic carbocycles. The summed E-state index contributed by atoms with van der Waals surface area (Å²) < 4.78 is 0. The molecular formula is C28H46O3. The largest absolute Gasteiger partial charge is 0.393 e. The SMILES string of the molecule is C=C1CC[C@@](O)(CO)C/C1=C/C=C1CCC[C@@]2(C)C1CC[C@@H]2[C@H](C)CCCC(C)(C)O. The van der Waals surface area contributed by atoms with E-state index in [0.29, 0.717) is 30.1 Å². The predicted molar refractivity (Wildman–Crippen MR) is 129 cm³/mol. The molecule has 0 aromatic rings. The van der Waals surface area contributed by atoms with Crippen molar-refractivity contribution in [3.05, 3.63) is 35.5 Å². The lowest BCUT2D eigenvalue weighted by Gasteiger charge is -2.44. The van der Waals surface area contributed by atoms with Crippen molar-refractivity contribution in [2.24, 2.45) is 23.2 Å². The van der Waals surface area contributed by atoms with Crippen LogP contribution in [0.3, 0.4) is 0 Å². The van der Waals surface area contributed by atoms with Gasteiger partial charge in [0.15, 0.2) is 0 Å². The maximum absolute atomic E-state index is 10.5. The van der Waals surface area contributed by atoms with Gasteiger partial charge in [-0.1, -0.05) is 56.6 Å². The van der Waals surface area contributed by atoms with Crippen LogP contribution in [0.5, 0.6) is 0 Å². The van der Waals surface area contributed by atoms with Gasteiger partial charge in [-0.15, -0.1) is 0 Å². The van der Waals surface area contributed by atoms with Gasteiger partial charge in [-0.05, 0) is 94.0 Å². The number of hydrogen-bond acceptors (Lipinski definition) is 3. The molecule has 5 atom stereocenters. The molecule has 0 bridgehead atoms. The summed E-state index contributed by atoms with van der Waals surface area (Å²) in [6.45, 7) is 12.8. The Morgan fingerprint density at radius 1 is 1.19 bits per heavy atom. The lowest BCUT2D eigenvalue weighted by atomic mass is 9.60. The third-order valence-corrected chi connectivity index (χ3v) is 8.83. The molecular weight excluding hydrogens is 384 g/mol. The molecule has 1 unspecified atom stereocenters. The minimum absolute atomic E-state index is 0.179. The van der Waals surface area contributed by atoms with Crippen molar-refractivity contribution in [2.45, 2.75) is 110 Å². The van der Waals surface area contributed by atoms with Crippen LogP contribution in [0.1, 0.15) is 98.3 Å². The van der Waals surface area contributed by atoms with E-state index in [1.807, 2.05) is 13.8 Å². The maximum Gasteiger partial charge on any atom is 0.0920 e. The average Bonchev–Trinajstić information content (AvgIpc) is 3.05. The first-order valence-corrected chi connectivity index (χ1v) is 12.6. The summed E-state index contributed by atoms with van der Waals surface area (Å²) in [5.41, 5.74) is 2.64. The van der Waals surface area contributed by atoms with Crippen molar-refractivity contribution >= 4 is 0 Å². The van der Waals surface area contributed by atoms with Gasteiger partial charge in [-0.3, -0.25) is 0 Å². The Morgan fingerprint density at radius 2 is 1.94 bits per heavy atom. The second-order valence-corrected chi connectivity index (χ2v) is 11.9. The highest BCUT2D eigenvalue weighted by molar-refractivity contribution is 5.37. The summed E-state index contributed by atoms with van der Waals surface area (Å²) in [6.07, 6.45) is 16.0. The van der Waals surface area contributed by atoms with E-state index in [0.717, 1.165) is 36.3 Å². The Bertz CT molecular complexity index is 712. The zero-order chi connectivity index (χ0) is 22.9.